The van der Waals surface area contributed by atoms with E-state index in [2.05, 4.69) is 21.2 Å². The van der Waals surface area contributed by atoms with Crippen molar-refractivity contribution in [1.29, 1.82) is 0 Å². The molecule has 0 bridgehead atoms. The molecule has 0 unspecified atom stereocenters. The highest BCUT2D eigenvalue weighted by Crippen LogP contribution is 2.11. The van der Waals surface area contributed by atoms with Crippen molar-refractivity contribution < 1.29 is 14.3 Å². The SMILES string of the molecule is O=C(CNC(=O)c1cccs1)OCc1ccc(Br)cc1. The van der Waals surface area contributed by atoms with Gasteiger partial charge in [-0.05, 0) is 29.1 Å². The number of hydrogen-bond acceptors (Lipinski definition) is 4. The number of benzene rings is 1. The first kappa shape index (κ1) is 14.7. The largest absolute Gasteiger partial charge is 0.460 e. The van der Waals surface area contributed by atoms with Crippen molar-refractivity contribution in [2.45, 2.75) is 6.61 Å². The summed E-state index contributed by atoms with van der Waals surface area (Å²) in [6, 6.07) is 11.0. The molecule has 0 fully saturated rings. The average molecular weight is 354 g/mol. The minimum absolute atomic E-state index is 0.132. The molecule has 2 rings (SSSR count). The van der Waals surface area contributed by atoms with Gasteiger partial charge in [-0.15, -0.1) is 11.3 Å². The Kier molecular flexibility index (Phi) is 5.31. The fourth-order valence-electron chi connectivity index (χ4n) is 1.44. The minimum Gasteiger partial charge on any atom is -0.460 e. The number of carbonyl (C=O) groups excluding carboxylic acids is 2. The van der Waals surface area contributed by atoms with Crippen LogP contribution in [0.5, 0.6) is 0 Å². The van der Waals surface area contributed by atoms with Crippen molar-refractivity contribution in [2.75, 3.05) is 6.54 Å². The maximum absolute atomic E-state index is 11.6. The van der Waals surface area contributed by atoms with E-state index in [1.165, 1.54) is 11.3 Å². The fraction of sp³-hybridized carbons (Fsp3) is 0.143. The van der Waals surface area contributed by atoms with E-state index in [1.807, 2.05) is 24.3 Å². The van der Waals surface area contributed by atoms with Gasteiger partial charge < -0.3 is 10.1 Å². The average Bonchev–Trinajstić information content (AvgIpc) is 2.98. The van der Waals surface area contributed by atoms with Crippen LogP contribution in [0.25, 0.3) is 0 Å². The van der Waals surface area contributed by atoms with Crippen molar-refractivity contribution in [3.63, 3.8) is 0 Å². The molecule has 0 saturated carbocycles. The lowest BCUT2D eigenvalue weighted by Crippen LogP contribution is -2.30. The zero-order valence-electron chi connectivity index (χ0n) is 10.5. The third-order valence-corrected chi connectivity index (χ3v) is 3.85. The summed E-state index contributed by atoms with van der Waals surface area (Å²) in [7, 11) is 0. The normalized spacial score (nSPS) is 10.1. The fourth-order valence-corrected chi connectivity index (χ4v) is 2.35. The Morgan fingerprint density at radius 3 is 2.60 bits per heavy atom. The minimum atomic E-state index is -0.460. The monoisotopic (exact) mass is 353 g/mol. The lowest BCUT2D eigenvalue weighted by atomic mass is 10.2. The summed E-state index contributed by atoms with van der Waals surface area (Å²) in [5, 5.41) is 4.33. The predicted octanol–water partition coefficient (Wildman–Crippen LogP) is 2.98. The van der Waals surface area contributed by atoms with Gasteiger partial charge in [-0.3, -0.25) is 9.59 Å². The summed E-state index contributed by atoms with van der Waals surface area (Å²) >= 11 is 4.66. The van der Waals surface area contributed by atoms with Crippen molar-refractivity contribution in [2.24, 2.45) is 0 Å². The first-order valence-electron chi connectivity index (χ1n) is 5.87. The second-order valence-electron chi connectivity index (χ2n) is 3.95. The van der Waals surface area contributed by atoms with Crippen LogP contribution in [0.15, 0.2) is 46.3 Å². The van der Waals surface area contributed by atoms with Gasteiger partial charge in [-0.25, -0.2) is 0 Å². The topological polar surface area (TPSA) is 55.4 Å². The van der Waals surface area contributed by atoms with Gasteiger partial charge in [0.1, 0.15) is 13.2 Å². The smallest absolute Gasteiger partial charge is 0.325 e. The third kappa shape index (κ3) is 4.47. The van der Waals surface area contributed by atoms with Crippen molar-refractivity contribution in [3.8, 4) is 0 Å². The van der Waals surface area contributed by atoms with E-state index in [-0.39, 0.29) is 19.1 Å². The molecule has 0 radical (unpaired) electrons. The molecule has 0 saturated heterocycles. The van der Waals surface area contributed by atoms with Gasteiger partial charge >= 0.3 is 5.97 Å². The molecule has 0 aliphatic rings. The van der Waals surface area contributed by atoms with Gasteiger partial charge in [0.2, 0.25) is 0 Å². The number of rotatable bonds is 5. The lowest BCUT2D eigenvalue weighted by Gasteiger charge is -2.06. The molecule has 1 heterocycles. The molecule has 0 atom stereocenters. The molecule has 104 valence electrons. The number of carbonyl (C=O) groups is 2. The molecule has 4 nitrogen and oxygen atoms in total. The Balaban J connectivity index is 1.73. The Labute approximate surface area is 128 Å². The summed E-state index contributed by atoms with van der Waals surface area (Å²) in [5.41, 5.74) is 0.895. The Bertz CT molecular complexity index is 581. The maximum atomic E-state index is 11.6. The van der Waals surface area contributed by atoms with Crippen molar-refractivity contribution in [3.05, 3.63) is 56.7 Å². The molecule has 0 aliphatic carbocycles. The molecule has 20 heavy (non-hydrogen) atoms. The molecule has 0 spiro atoms. The van der Waals surface area contributed by atoms with Crippen LogP contribution < -0.4 is 5.32 Å². The van der Waals surface area contributed by atoms with Crippen LogP contribution in [0.1, 0.15) is 15.2 Å². The molecule has 6 heteroatoms. The number of thiophene rings is 1. The zero-order valence-corrected chi connectivity index (χ0v) is 12.9. The summed E-state index contributed by atoms with van der Waals surface area (Å²) in [4.78, 5) is 23.7. The number of halogens is 1. The molecule has 0 aliphatic heterocycles. The molecule has 1 amide bonds. The summed E-state index contributed by atoms with van der Waals surface area (Å²) in [6.07, 6.45) is 0. The van der Waals surface area contributed by atoms with Crippen LogP contribution in [0.4, 0.5) is 0 Å². The summed E-state index contributed by atoms with van der Waals surface area (Å²) in [5.74, 6) is -0.724. The Morgan fingerprint density at radius 2 is 1.95 bits per heavy atom. The van der Waals surface area contributed by atoms with E-state index in [0.29, 0.717) is 4.88 Å². The second-order valence-corrected chi connectivity index (χ2v) is 5.81. The van der Waals surface area contributed by atoms with Crippen LogP contribution in [-0.4, -0.2) is 18.4 Å². The number of esters is 1. The van der Waals surface area contributed by atoms with Gasteiger partial charge in [-0.1, -0.05) is 34.1 Å². The quantitative estimate of drug-likeness (QED) is 0.840. The van der Waals surface area contributed by atoms with Crippen molar-refractivity contribution >= 4 is 39.1 Å². The maximum Gasteiger partial charge on any atom is 0.325 e. The van der Waals surface area contributed by atoms with Gasteiger partial charge in [0.05, 0.1) is 4.88 Å². The number of ether oxygens (including phenoxy) is 1. The van der Waals surface area contributed by atoms with Crippen LogP contribution in [-0.2, 0) is 16.1 Å². The first-order chi connectivity index (χ1) is 9.65. The third-order valence-electron chi connectivity index (χ3n) is 2.45. The lowest BCUT2D eigenvalue weighted by molar-refractivity contribution is -0.143. The molecule has 1 N–H and O–H groups in total. The molecule has 2 aromatic rings. The Morgan fingerprint density at radius 1 is 1.20 bits per heavy atom. The van der Waals surface area contributed by atoms with E-state index in [0.717, 1.165) is 10.0 Å². The van der Waals surface area contributed by atoms with E-state index in [9.17, 15) is 9.59 Å². The van der Waals surface area contributed by atoms with Gasteiger partial charge in [-0.2, -0.15) is 0 Å². The first-order valence-corrected chi connectivity index (χ1v) is 7.54. The van der Waals surface area contributed by atoms with Gasteiger partial charge in [0, 0.05) is 4.47 Å². The van der Waals surface area contributed by atoms with Crippen LogP contribution in [0, 0.1) is 0 Å². The molecular formula is C14H12BrNO3S. The molecule has 1 aromatic carbocycles. The molecular weight excluding hydrogens is 342 g/mol. The highest BCUT2D eigenvalue weighted by Gasteiger charge is 2.09. The van der Waals surface area contributed by atoms with Crippen LogP contribution in [0.3, 0.4) is 0 Å². The van der Waals surface area contributed by atoms with E-state index < -0.39 is 5.97 Å². The van der Waals surface area contributed by atoms with Gasteiger partial charge in [0.15, 0.2) is 0 Å². The highest BCUT2D eigenvalue weighted by molar-refractivity contribution is 9.10. The summed E-state index contributed by atoms with van der Waals surface area (Å²) < 4.78 is 6.04. The predicted molar refractivity (Wildman–Crippen MR) is 80.6 cm³/mol. The standard InChI is InChI=1S/C14H12BrNO3S/c15-11-5-3-10(4-6-11)9-19-13(17)8-16-14(18)12-2-1-7-20-12/h1-7H,8-9H2,(H,16,18). The second kappa shape index (κ2) is 7.21. The van der Waals surface area contributed by atoms with Crippen LogP contribution >= 0.6 is 27.3 Å². The van der Waals surface area contributed by atoms with E-state index in [1.54, 1.807) is 17.5 Å². The molecule has 1 aromatic heterocycles. The zero-order chi connectivity index (χ0) is 14.4. The van der Waals surface area contributed by atoms with E-state index >= 15 is 0 Å². The van der Waals surface area contributed by atoms with E-state index in [4.69, 9.17) is 4.74 Å². The number of nitrogens with one attached hydrogen (secondary N) is 1. The number of hydrogen-bond donors (Lipinski definition) is 1. The highest BCUT2D eigenvalue weighted by atomic mass is 79.9. The van der Waals surface area contributed by atoms with Crippen LogP contribution in [0.2, 0.25) is 0 Å². The number of amides is 1. The summed E-state index contributed by atoms with van der Waals surface area (Å²) in [6.45, 7) is 0.0637. The van der Waals surface area contributed by atoms with Crippen molar-refractivity contribution in [1.82, 2.24) is 5.32 Å². The Hall–Kier alpha value is -1.66. The van der Waals surface area contributed by atoms with Gasteiger partial charge in [0.25, 0.3) is 5.91 Å².